The summed E-state index contributed by atoms with van der Waals surface area (Å²) in [5, 5.41) is 0. The van der Waals surface area contributed by atoms with Gasteiger partial charge in [0.05, 0.1) is 5.69 Å². The van der Waals surface area contributed by atoms with Crippen molar-refractivity contribution in [3.63, 3.8) is 0 Å². The molecule has 1 unspecified atom stereocenters. The molecule has 1 aliphatic rings. The van der Waals surface area contributed by atoms with Crippen molar-refractivity contribution < 1.29 is 0 Å². The molecule has 0 N–H and O–H groups in total. The minimum absolute atomic E-state index is 0.675. The Morgan fingerprint density at radius 3 is 3.13 bits per heavy atom. The fourth-order valence-corrected chi connectivity index (χ4v) is 3.37. The highest BCUT2D eigenvalue weighted by Crippen LogP contribution is 2.31. The van der Waals surface area contributed by atoms with Gasteiger partial charge in [0, 0.05) is 23.6 Å². The maximum Gasteiger partial charge on any atom is 0.137 e. The Morgan fingerprint density at radius 1 is 1.47 bits per heavy atom. The van der Waals surface area contributed by atoms with Gasteiger partial charge in [0.1, 0.15) is 5.65 Å². The topological polar surface area (TPSA) is 17.3 Å². The van der Waals surface area contributed by atoms with E-state index in [4.69, 9.17) is 4.98 Å². The van der Waals surface area contributed by atoms with E-state index < -0.39 is 0 Å². The van der Waals surface area contributed by atoms with Gasteiger partial charge in [-0.2, -0.15) is 11.8 Å². The fourth-order valence-electron chi connectivity index (χ4n) is 2.13. The molecule has 15 heavy (non-hydrogen) atoms. The van der Waals surface area contributed by atoms with E-state index in [1.807, 2.05) is 11.8 Å². The van der Waals surface area contributed by atoms with Crippen LogP contribution in [-0.2, 0) is 0 Å². The normalized spacial score (nSPS) is 21.3. The first-order valence-electron chi connectivity index (χ1n) is 5.37. The molecule has 0 aliphatic carbocycles. The number of hydrogen-bond donors (Lipinski definition) is 0. The van der Waals surface area contributed by atoms with Crippen LogP contribution in [-0.4, -0.2) is 20.9 Å². The zero-order valence-corrected chi connectivity index (χ0v) is 9.63. The summed E-state index contributed by atoms with van der Waals surface area (Å²) in [6.07, 6.45) is 3.49. The minimum Gasteiger partial charge on any atom is -0.304 e. The zero-order chi connectivity index (χ0) is 10.3. The molecular weight excluding hydrogens is 204 g/mol. The van der Waals surface area contributed by atoms with Gasteiger partial charge in [-0.25, -0.2) is 4.98 Å². The highest BCUT2D eigenvalue weighted by Gasteiger charge is 2.20. The third-order valence-corrected chi connectivity index (χ3v) is 4.22. The molecule has 0 bridgehead atoms. The number of pyridine rings is 1. The van der Waals surface area contributed by atoms with Gasteiger partial charge < -0.3 is 4.40 Å². The molecule has 1 fully saturated rings. The van der Waals surface area contributed by atoms with Crippen LogP contribution < -0.4 is 0 Å². The number of thioether (sulfide) groups is 1. The molecule has 3 heterocycles. The van der Waals surface area contributed by atoms with Gasteiger partial charge in [-0.05, 0) is 31.2 Å². The summed E-state index contributed by atoms with van der Waals surface area (Å²) in [5.74, 6) is 3.20. The van der Waals surface area contributed by atoms with Crippen LogP contribution in [0.3, 0.4) is 0 Å². The van der Waals surface area contributed by atoms with Crippen molar-refractivity contribution in [3.05, 3.63) is 35.8 Å². The lowest BCUT2D eigenvalue weighted by Crippen LogP contribution is -1.95. The molecule has 3 heteroatoms. The molecular formula is C12H14N2S. The number of fused-ring (bicyclic) bond motifs is 1. The quantitative estimate of drug-likeness (QED) is 0.732. The van der Waals surface area contributed by atoms with Crippen LogP contribution in [0.2, 0.25) is 0 Å². The van der Waals surface area contributed by atoms with Crippen LogP contribution in [0.25, 0.3) is 5.65 Å². The second-order valence-corrected chi connectivity index (χ2v) is 5.27. The smallest absolute Gasteiger partial charge is 0.137 e. The molecule has 0 aromatic carbocycles. The standard InChI is InChI=1S/C12H14N2S/c1-9-3-2-4-12-13-11(7-14(9)12)10-5-6-15-8-10/h2-4,7,10H,5-6,8H2,1H3. The number of rotatable bonds is 1. The van der Waals surface area contributed by atoms with E-state index in [2.05, 4.69) is 35.7 Å². The highest BCUT2D eigenvalue weighted by molar-refractivity contribution is 7.99. The van der Waals surface area contributed by atoms with E-state index in [0.29, 0.717) is 5.92 Å². The summed E-state index contributed by atoms with van der Waals surface area (Å²) in [7, 11) is 0. The van der Waals surface area contributed by atoms with Crippen molar-refractivity contribution in [1.82, 2.24) is 9.38 Å². The van der Waals surface area contributed by atoms with E-state index in [9.17, 15) is 0 Å². The molecule has 0 amide bonds. The molecule has 1 aliphatic heterocycles. The molecule has 2 aromatic rings. The molecule has 1 saturated heterocycles. The van der Waals surface area contributed by atoms with Crippen molar-refractivity contribution in [1.29, 1.82) is 0 Å². The molecule has 2 aromatic heterocycles. The van der Waals surface area contributed by atoms with Gasteiger partial charge >= 0.3 is 0 Å². The first-order valence-corrected chi connectivity index (χ1v) is 6.52. The van der Waals surface area contributed by atoms with E-state index in [1.165, 1.54) is 29.3 Å². The lowest BCUT2D eigenvalue weighted by molar-refractivity contribution is 0.759. The molecule has 3 rings (SSSR count). The number of hydrogen-bond acceptors (Lipinski definition) is 2. The van der Waals surface area contributed by atoms with Crippen molar-refractivity contribution in [2.24, 2.45) is 0 Å². The summed E-state index contributed by atoms with van der Waals surface area (Å²) in [6.45, 7) is 2.13. The summed E-state index contributed by atoms with van der Waals surface area (Å²) in [6, 6.07) is 6.28. The van der Waals surface area contributed by atoms with Crippen molar-refractivity contribution >= 4 is 17.4 Å². The maximum atomic E-state index is 4.71. The monoisotopic (exact) mass is 218 g/mol. The Balaban J connectivity index is 2.09. The maximum absolute atomic E-state index is 4.71. The van der Waals surface area contributed by atoms with E-state index in [0.717, 1.165) is 5.65 Å². The van der Waals surface area contributed by atoms with Crippen LogP contribution in [0, 0.1) is 6.92 Å². The third kappa shape index (κ3) is 1.55. The Morgan fingerprint density at radius 2 is 2.40 bits per heavy atom. The third-order valence-electron chi connectivity index (χ3n) is 3.06. The Labute approximate surface area is 93.7 Å². The van der Waals surface area contributed by atoms with Crippen LogP contribution >= 0.6 is 11.8 Å². The molecule has 0 radical (unpaired) electrons. The largest absolute Gasteiger partial charge is 0.304 e. The zero-order valence-electron chi connectivity index (χ0n) is 8.81. The van der Waals surface area contributed by atoms with Gasteiger partial charge in [-0.15, -0.1) is 0 Å². The summed E-state index contributed by atoms with van der Waals surface area (Å²) >= 11 is 2.04. The van der Waals surface area contributed by atoms with Gasteiger partial charge in [0.15, 0.2) is 0 Å². The van der Waals surface area contributed by atoms with Gasteiger partial charge in [0.2, 0.25) is 0 Å². The average Bonchev–Trinajstić information content (AvgIpc) is 2.86. The van der Waals surface area contributed by atoms with Crippen LogP contribution in [0.4, 0.5) is 0 Å². The second-order valence-electron chi connectivity index (χ2n) is 4.12. The number of imidazole rings is 1. The SMILES string of the molecule is Cc1cccc2nc(C3CCSC3)cn12. The first-order chi connectivity index (χ1) is 7.34. The predicted molar refractivity (Wildman–Crippen MR) is 64.6 cm³/mol. The lowest BCUT2D eigenvalue weighted by Gasteiger charge is -2.01. The van der Waals surface area contributed by atoms with Crippen LogP contribution in [0.15, 0.2) is 24.4 Å². The molecule has 1 atom stereocenters. The van der Waals surface area contributed by atoms with E-state index in [1.54, 1.807) is 0 Å². The van der Waals surface area contributed by atoms with Crippen LogP contribution in [0.1, 0.15) is 23.7 Å². The van der Waals surface area contributed by atoms with Crippen LogP contribution in [0.5, 0.6) is 0 Å². The van der Waals surface area contributed by atoms with Gasteiger partial charge in [0.25, 0.3) is 0 Å². The fraction of sp³-hybridized carbons (Fsp3) is 0.417. The minimum atomic E-state index is 0.675. The lowest BCUT2D eigenvalue weighted by atomic mass is 10.1. The Bertz CT molecular complexity index is 483. The van der Waals surface area contributed by atoms with E-state index >= 15 is 0 Å². The molecule has 0 spiro atoms. The number of nitrogens with zero attached hydrogens (tertiary/aromatic N) is 2. The van der Waals surface area contributed by atoms with Crippen molar-refractivity contribution in [3.8, 4) is 0 Å². The predicted octanol–water partition coefficient (Wildman–Crippen LogP) is 2.86. The Hall–Kier alpha value is -0.960. The first kappa shape index (κ1) is 9.28. The summed E-state index contributed by atoms with van der Waals surface area (Å²) in [5.41, 5.74) is 3.62. The number of aryl methyl sites for hydroxylation is 1. The molecule has 0 saturated carbocycles. The average molecular weight is 218 g/mol. The van der Waals surface area contributed by atoms with Crippen molar-refractivity contribution in [2.45, 2.75) is 19.3 Å². The van der Waals surface area contributed by atoms with E-state index in [-0.39, 0.29) is 0 Å². The Kier molecular flexibility index (Phi) is 2.20. The summed E-state index contributed by atoms with van der Waals surface area (Å²) in [4.78, 5) is 4.71. The second kappa shape index (κ2) is 3.56. The van der Waals surface area contributed by atoms with Crippen molar-refractivity contribution in [2.75, 3.05) is 11.5 Å². The summed E-state index contributed by atoms with van der Waals surface area (Å²) < 4.78 is 2.19. The molecule has 2 nitrogen and oxygen atoms in total. The van der Waals surface area contributed by atoms with Gasteiger partial charge in [-0.3, -0.25) is 0 Å². The molecule has 78 valence electrons. The van der Waals surface area contributed by atoms with Gasteiger partial charge in [-0.1, -0.05) is 6.07 Å². The highest BCUT2D eigenvalue weighted by atomic mass is 32.2. The number of aromatic nitrogens is 2.